The Bertz CT molecular complexity index is 854. The highest BCUT2D eigenvalue weighted by molar-refractivity contribution is 6.42. The number of piperidine rings is 1. The highest BCUT2D eigenvalue weighted by Crippen LogP contribution is 2.31. The van der Waals surface area contributed by atoms with Crippen molar-refractivity contribution in [3.05, 3.63) is 47.7 Å². The maximum atomic E-state index is 12.4. The maximum absolute atomic E-state index is 12.4. The normalized spacial score (nSPS) is 27.5. The number of carbonyl (C=O) groups is 2. The SMILES string of the molecule is C=C/C=C\C1CN(CCN2CC(C(=O)NC(N)=O)=NC3=CC(C)=C(C)CC32)CCC1C. The first-order valence-electron chi connectivity index (χ1n) is 11.1. The van der Waals surface area contributed by atoms with Crippen LogP contribution in [0.15, 0.2) is 52.7 Å². The summed E-state index contributed by atoms with van der Waals surface area (Å²) in [6.45, 7) is 14.6. The second-order valence-corrected chi connectivity index (χ2v) is 8.95. The van der Waals surface area contributed by atoms with E-state index in [-0.39, 0.29) is 6.04 Å². The van der Waals surface area contributed by atoms with E-state index in [1.807, 2.05) is 12.2 Å². The Morgan fingerprint density at radius 3 is 2.84 bits per heavy atom. The number of primary amides is 1. The van der Waals surface area contributed by atoms with Crippen LogP contribution in [0.1, 0.15) is 33.6 Å². The molecule has 7 heteroatoms. The molecule has 3 unspecified atom stereocenters. The summed E-state index contributed by atoms with van der Waals surface area (Å²) in [6, 6.07) is -0.694. The molecule has 2 heterocycles. The van der Waals surface area contributed by atoms with Gasteiger partial charge < -0.3 is 10.6 Å². The Kier molecular flexibility index (Phi) is 7.62. The third kappa shape index (κ3) is 5.80. The molecule has 3 amide bonds. The lowest BCUT2D eigenvalue weighted by Gasteiger charge is -2.41. The van der Waals surface area contributed by atoms with E-state index in [4.69, 9.17) is 5.73 Å². The second-order valence-electron chi connectivity index (χ2n) is 8.95. The van der Waals surface area contributed by atoms with Crippen molar-refractivity contribution in [3.63, 3.8) is 0 Å². The quantitative estimate of drug-likeness (QED) is 0.640. The standard InChI is InChI=1S/C24H35N5O2/c1-5-6-7-19-14-28(9-8-16(19)2)10-11-29-15-21(23(30)27-24(25)31)26-20-12-17(3)18(4)13-22(20)29/h5-7,12,16,19,22H,1,8-11,13-15H2,2-4H3,(H3,25,27,30,31)/b7-6-. The minimum absolute atomic E-state index is 0.161. The van der Waals surface area contributed by atoms with Crippen LogP contribution in [0, 0.1) is 11.8 Å². The summed E-state index contributed by atoms with van der Waals surface area (Å²) in [4.78, 5) is 33.0. The number of likely N-dealkylation sites (tertiary alicyclic amines) is 1. The number of rotatable bonds is 6. The molecule has 1 fully saturated rings. The van der Waals surface area contributed by atoms with Gasteiger partial charge in [0.2, 0.25) is 0 Å². The summed E-state index contributed by atoms with van der Waals surface area (Å²) in [5.74, 6) is 0.689. The Morgan fingerprint density at radius 2 is 2.13 bits per heavy atom. The first-order chi connectivity index (χ1) is 14.8. The monoisotopic (exact) mass is 425 g/mol. The van der Waals surface area contributed by atoms with E-state index >= 15 is 0 Å². The van der Waals surface area contributed by atoms with Gasteiger partial charge in [-0.3, -0.25) is 15.0 Å². The number of urea groups is 1. The van der Waals surface area contributed by atoms with Crippen LogP contribution in [0.25, 0.3) is 0 Å². The number of amides is 3. The zero-order valence-electron chi connectivity index (χ0n) is 18.9. The van der Waals surface area contributed by atoms with Crippen LogP contribution >= 0.6 is 0 Å². The molecule has 3 rings (SSSR count). The Hall–Kier alpha value is -2.51. The lowest BCUT2D eigenvalue weighted by atomic mass is 9.86. The predicted octanol–water partition coefficient (Wildman–Crippen LogP) is 2.63. The summed E-state index contributed by atoms with van der Waals surface area (Å²) >= 11 is 0. The lowest BCUT2D eigenvalue weighted by Crippen LogP contribution is -2.52. The molecule has 0 bridgehead atoms. The van der Waals surface area contributed by atoms with Gasteiger partial charge in [0.25, 0.3) is 5.91 Å². The van der Waals surface area contributed by atoms with Crippen LogP contribution in [0.5, 0.6) is 0 Å². The fourth-order valence-corrected chi connectivity index (χ4v) is 4.57. The Morgan fingerprint density at radius 1 is 1.35 bits per heavy atom. The molecule has 3 atom stereocenters. The number of hydrogen-bond acceptors (Lipinski definition) is 5. The number of allylic oxidation sites excluding steroid dienone is 4. The van der Waals surface area contributed by atoms with Crippen molar-refractivity contribution in [3.8, 4) is 0 Å². The average Bonchev–Trinajstić information content (AvgIpc) is 2.72. The van der Waals surface area contributed by atoms with Crippen LogP contribution in [-0.2, 0) is 4.79 Å². The minimum atomic E-state index is -0.855. The van der Waals surface area contributed by atoms with Crippen molar-refractivity contribution in [2.24, 2.45) is 22.6 Å². The maximum Gasteiger partial charge on any atom is 0.319 e. The van der Waals surface area contributed by atoms with Crippen LogP contribution in [0.3, 0.4) is 0 Å². The molecule has 0 aromatic rings. The van der Waals surface area contributed by atoms with Crippen LogP contribution in [0.4, 0.5) is 4.79 Å². The van der Waals surface area contributed by atoms with E-state index in [1.165, 1.54) is 17.6 Å². The van der Waals surface area contributed by atoms with Gasteiger partial charge in [-0.2, -0.15) is 0 Å². The molecule has 0 radical (unpaired) electrons. The number of fused-ring (bicyclic) bond motifs is 1. The van der Waals surface area contributed by atoms with E-state index in [0.717, 1.165) is 38.3 Å². The summed E-state index contributed by atoms with van der Waals surface area (Å²) in [5.41, 5.74) is 8.91. The fourth-order valence-electron chi connectivity index (χ4n) is 4.57. The average molecular weight is 426 g/mol. The molecular weight excluding hydrogens is 390 g/mol. The molecule has 7 nitrogen and oxygen atoms in total. The van der Waals surface area contributed by atoms with Gasteiger partial charge in [-0.15, -0.1) is 0 Å². The van der Waals surface area contributed by atoms with E-state index in [0.29, 0.717) is 24.1 Å². The molecule has 3 aliphatic rings. The Balaban J connectivity index is 1.71. The molecule has 0 spiro atoms. The molecule has 1 saturated heterocycles. The number of nitrogens with zero attached hydrogens (tertiary/aromatic N) is 3. The molecule has 1 aliphatic carbocycles. The van der Waals surface area contributed by atoms with Crippen molar-refractivity contribution in [2.75, 3.05) is 32.7 Å². The van der Waals surface area contributed by atoms with E-state index < -0.39 is 11.9 Å². The number of hydrogen-bond donors (Lipinski definition) is 2. The largest absolute Gasteiger partial charge is 0.351 e. The first kappa shape index (κ1) is 23.2. The topological polar surface area (TPSA) is 91.0 Å². The van der Waals surface area contributed by atoms with Crippen LogP contribution in [0.2, 0.25) is 0 Å². The molecule has 168 valence electrons. The Labute approximate surface area is 185 Å². The van der Waals surface area contributed by atoms with Gasteiger partial charge >= 0.3 is 6.03 Å². The van der Waals surface area contributed by atoms with Gasteiger partial charge in [0, 0.05) is 26.2 Å². The van der Waals surface area contributed by atoms with E-state index in [1.54, 1.807) is 0 Å². The molecule has 0 aromatic carbocycles. The molecule has 31 heavy (non-hydrogen) atoms. The zero-order chi connectivity index (χ0) is 22.5. The number of imide groups is 1. The summed E-state index contributed by atoms with van der Waals surface area (Å²) in [7, 11) is 0. The van der Waals surface area contributed by atoms with Crippen molar-refractivity contribution in [1.82, 2.24) is 15.1 Å². The number of nitrogens with one attached hydrogen (secondary N) is 1. The van der Waals surface area contributed by atoms with Crippen molar-refractivity contribution in [1.29, 1.82) is 0 Å². The highest BCUT2D eigenvalue weighted by Gasteiger charge is 2.34. The lowest BCUT2D eigenvalue weighted by molar-refractivity contribution is -0.114. The van der Waals surface area contributed by atoms with Crippen LogP contribution in [-0.4, -0.2) is 66.2 Å². The molecule has 3 N–H and O–H groups in total. The number of nitrogens with two attached hydrogens (primary N) is 1. The molecule has 0 saturated carbocycles. The number of aliphatic imine (C=N–C) groups is 1. The second kappa shape index (κ2) is 10.2. The zero-order valence-corrected chi connectivity index (χ0v) is 18.9. The van der Waals surface area contributed by atoms with Gasteiger partial charge in [-0.25, -0.2) is 9.79 Å². The fraction of sp³-hybridized carbons (Fsp3) is 0.542. The van der Waals surface area contributed by atoms with Crippen molar-refractivity contribution < 1.29 is 9.59 Å². The van der Waals surface area contributed by atoms with Gasteiger partial charge in [0.1, 0.15) is 5.71 Å². The van der Waals surface area contributed by atoms with Gasteiger partial charge in [0.05, 0.1) is 11.7 Å². The predicted molar refractivity (Wildman–Crippen MR) is 125 cm³/mol. The summed E-state index contributed by atoms with van der Waals surface area (Å²) < 4.78 is 0. The van der Waals surface area contributed by atoms with E-state index in [9.17, 15) is 9.59 Å². The van der Waals surface area contributed by atoms with Crippen molar-refractivity contribution in [2.45, 2.75) is 39.7 Å². The molecule has 0 aromatic heterocycles. The molecule has 2 aliphatic heterocycles. The van der Waals surface area contributed by atoms with Gasteiger partial charge in [-0.05, 0) is 51.1 Å². The van der Waals surface area contributed by atoms with Crippen LogP contribution < -0.4 is 11.1 Å². The summed E-state index contributed by atoms with van der Waals surface area (Å²) in [5, 5.41) is 2.16. The first-order valence-corrected chi connectivity index (χ1v) is 11.1. The summed E-state index contributed by atoms with van der Waals surface area (Å²) in [6.07, 6.45) is 10.3. The molecular formula is C24H35N5O2. The third-order valence-electron chi connectivity index (χ3n) is 6.73. The number of carbonyl (C=O) groups excluding carboxylic acids is 2. The van der Waals surface area contributed by atoms with Gasteiger partial charge in [0.15, 0.2) is 0 Å². The van der Waals surface area contributed by atoms with E-state index in [2.05, 4.69) is 59.6 Å². The smallest absolute Gasteiger partial charge is 0.319 e. The minimum Gasteiger partial charge on any atom is -0.351 e. The highest BCUT2D eigenvalue weighted by atomic mass is 16.2. The van der Waals surface area contributed by atoms with Gasteiger partial charge in [-0.1, -0.05) is 42.9 Å². The van der Waals surface area contributed by atoms with Crippen molar-refractivity contribution >= 4 is 17.6 Å². The third-order valence-corrected chi connectivity index (χ3v) is 6.73.